The predicted molar refractivity (Wildman–Crippen MR) is 97.9 cm³/mol. The molecule has 0 unspecified atom stereocenters. The molecule has 150 valence electrons. The van der Waals surface area contributed by atoms with Crippen molar-refractivity contribution in [3.8, 4) is 5.88 Å². The quantitative estimate of drug-likeness (QED) is 0.782. The first-order chi connectivity index (χ1) is 13.4. The van der Waals surface area contributed by atoms with E-state index in [-0.39, 0.29) is 17.4 Å². The van der Waals surface area contributed by atoms with Crippen molar-refractivity contribution in [3.63, 3.8) is 0 Å². The summed E-state index contributed by atoms with van der Waals surface area (Å²) in [4.78, 5) is 18.3. The van der Waals surface area contributed by atoms with Crippen LogP contribution < -0.4 is 10.1 Å². The second-order valence-corrected chi connectivity index (χ2v) is 6.77. The van der Waals surface area contributed by atoms with Gasteiger partial charge >= 0.3 is 6.18 Å². The number of carbonyl (C=O) groups excluding carboxylic acids is 1. The van der Waals surface area contributed by atoms with Crippen LogP contribution in [0.1, 0.15) is 34.3 Å². The summed E-state index contributed by atoms with van der Waals surface area (Å²) in [6.45, 7) is 2.17. The Hall–Kier alpha value is -2.61. The molecule has 3 rings (SSSR count). The maximum absolute atomic E-state index is 12.2. The third-order valence-electron chi connectivity index (χ3n) is 4.46. The summed E-state index contributed by atoms with van der Waals surface area (Å²) in [6, 6.07) is 10.7. The van der Waals surface area contributed by atoms with Crippen LogP contribution in [0.15, 0.2) is 42.6 Å². The lowest BCUT2D eigenvalue weighted by Gasteiger charge is -2.14. The Bertz CT molecular complexity index is 771. The Kier molecular flexibility index (Phi) is 6.51. The Morgan fingerprint density at radius 1 is 1.07 bits per heavy atom. The van der Waals surface area contributed by atoms with Crippen LogP contribution in [-0.2, 0) is 13.1 Å². The lowest BCUT2D eigenvalue weighted by atomic mass is 10.1. The fourth-order valence-corrected chi connectivity index (χ4v) is 3.00. The number of nitrogens with one attached hydrogen (secondary N) is 1. The van der Waals surface area contributed by atoms with Crippen LogP contribution >= 0.6 is 0 Å². The molecule has 0 spiro atoms. The minimum atomic E-state index is -4.43. The van der Waals surface area contributed by atoms with E-state index in [0.717, 1.165) is 25.2 Å². The monoisotopic (exact) mass is 393 g/mol. The molecule has 0 saturated carbocycles. The van der Waals surface area contributed by atoms with Crippen molar-refractivity contribution in [2.45, 2.75) is 32.1 Å². The molecule has 0 atom stereocenters. The summed E-state index contributed by atoms with van der Waals surface area (Å²) in [7, 11) is 0. The third kappa shape index (κ3) is 6.23. The van der Waals surface area contributed by atoms with E-state index in [2.05, 4.69) is 32.1 Å². The Morgan fingerprint density at radius 3 is 2.36 bits per heavy atom. The van der Waals surface area contributed by atoms with Crippen molar-refractivity contribution in [2.75, 3.05) is 19.7 Å². The van der Waals surface area contributed by atoms with E-state index in [1.54, 1.807) is 0 Å². The van der Waals surface area contributed by atoms with E-state index >= 15 is 0 Å². The van der Waals surface area contributed by atoms with Crippen molar-refractivity contribution >= 4 is 5.91 Å². The number of nitrogens with zero attached hydrogens (tertiary/aromatic N) is 2. The number of aromatic nitrogens is 1. The van der Waals surface area contributed by atoms with Gasteiger partial charge in [0, 0.05) is 25.4 Å². The van der Waals surface area contributed by atoms with Crippen LogP contribution in [0, 0.1) is 0 Å². The van der Waals surface area contributed by atoms with Gasteiger partial charge in [-0.25, -0.2) is 4.98 Å². The minimum absolute atomic E-state index is 0.178. The second-order valence-electron chi connectivity index (χ2n) is 6.77. The summed E-state index contributed by atoms with van der Waals surface area (Å²) in [5.41, 5.74) is 2.47. The van der Waals surface area contributed by atoms with Gasteiger partial charge in [0.1, 0.15) is 0 Å². The average Bonchev–Trinajstić information content (AvgIpc) is 3.18. The first-order valence-corrected chi connectivity index (χ1v) is 9.13. The standard InChI is InChI=1S/C20H22F3N3O2/c21-20(22,23)14-28-18-8-7-17(12-24-18)19(27)25-11-15-3-5-16(6-4-15)13-26-9-1-2-10-26/h3-8,12H,1-2,9-11,13-14H2,(H,25,27). The SMILES string of the molecule is O=C(NCc1ccc(CN2CCCC2)cc1)c1ccc(OCC(F)(F)F)nc1. The number of likely N-dealkylation sites (tertiary alicyclic amines) is 1. The number of amides is 1. The van der Waals surface area contributed by atoms with Gasteiger partial charge in [-0.2, -0.15) is 13.2 Å². The van der Waals surface area contributed by atoms with Crippen LogP contribution in [0.25, 0.3) is 0 Å². The zero-order chi connectivity index (χ0) is 20.0. The molecule has 28 heavy (non-hydrogen) atoms. The molecule has 5 nitrogen and oxygen atoms in total. The maximum atomic E-state index is 12.2. The smallest absolute Gasteiger partial charge is 0.422 e. The fourth-order valence-electron chi connectivity index (χ4n) is 3.00. The van der Waals surface area contributed by atoms with Crippen LogP contribution in [0.5, 0.6) is 5.88 Å². The number of hydrogen-bond acceptors (Lipinski definition) is 4. The first-order valence-electron chi connectivity index (χ1n) is 9.13. The molecule has 8 heteroatoms. The van der Waals surface area contributed by atoms with Gasteiger partial charge in [0.05, 0.1) is 5.56 Å². The summed E-state index contributed by atoms with van der Waals surface area (Å²) in [5.74, 6) is -0.529. The van der Waals surface area contributed by atoms with Crippen LogP contribution in [0.2, 0.25) is 0 Å². The molecule has 0 radical (unpaired) electrons. The molecule has 1 N–H and O–H groups in total. The molecule has 2 aromatic rings. The number of hydrogen-bond donors (Lipinski definition) is 1. The number of rotatable bonds is 7. The predicted octanol–water partition coefficient (Wildman–Crippen LogP) is 3.55. The van der Waals surface area contributed by atoms with E-state index in [1.165, 1.54) is 36.7 Å². The molecular formula is C20H22F3N3O2. The van der Waals surface area contributed by atoms with Crippen molar-refractivity contribution in [3.05, 3.63) is 59.3 Å². The van der Waals surface area contributed by atoms with Gasteiger partial charge in [-0.3, -0.25) is 9.69 Å². The lowest BCUT2D eigenvalue weighted by Crippen LogP contribution is -2.23. The van der Waals surface area contributed by atoms with Crippen molar-refractivity contribution in [1.82, 2.24) is 15.2 Å². The van der Waals surface area contributed by atoms with Crippen molar-refractivity contribution in [2.24, 2.45) is 0 Å². The average molecular weight is 393 g/mol. The highest BCUT2D eigenvalue weighted by molar-refractivity contribution is 5.93. The van der Waals surface area contributed by atoms with Gasteiger partial charge in [-0.15, -0.1) is 0 Å². The number of halogens is 3. The first kappa shape index (κ1) is 20.1. The van der Waals surface area contributed by atoms with Crippen molar-refractivity contribution < 1.29 is 22.7 Å². The van der Waals surface area contributed by atoms with Gasteiger partial charge in [0.15, 0.2) is 6.61 Å². The lowest BCUT2D eigenvalue weighted by molar-refractivity contribution is -0.154. The van der Waals surface area contributed by atoms with Crippen LogP contribution in [0.4, 0.5) is 13.2 Å². The number of carbonyl (C=O) groups is 1. The van der Waals surface area contributed by atoms with E-state index < -0.39 is 12.8 Å². The molecule has 1 amide bonds. The molecule has 1 saturated heterocycles. The number of alkyl halides is 3. The largest absolute Gasteiger partial charge is 0.468 e. The fraction of sp³-hybridized carbons (Fsp3) is 0.400. The maximum Gasteiger partial charge on any atom is 0.422 e. The Balaban J connectivity index is 1.46. The summed E-state index contributed by atoms with van der Waals surface area (Å²) >= 11 is 0. The molecular weight excluding hydrogens is 371 g/mol. The molecule has 1 aromatic carbocycles. The summed E-state index contributed by atoms with van der Waals surface area (Å²) < 4.78 is 40.9. The van der Waals surface area contributed by atoms with Gasteiger partial charge < -0.3 is 10.1 Å². The van der Waals surface area contributed by atoms with Gasteiger partial charge in [0.25, 0.3) is 5.91 Å². The summed E-state index contributed by atoms with van der Waals surface area (Å²) in [6.07, 6.45) is -0.718. The van der Waals surface area contributed by atoms with E-state index in [1.807, 2.05) is 12.1 Å². The molecule has 0 aliphatic carbocycles. The highest BCUT2D eigenvalue weighted by Crippen LogP contribution is 2.17. The zero-order valence-electron chi connectivity index (χ0n) is 15.3. The topological polar surface area (TPSA) is 54.5 Å². The zero-order valence-corrected chi connectivity index (χ0v) is 15.3. The van der Waals surface area contributed by atoms with E-state index in [0.29, 0.717) is 6.54 Å². The highest BCUT2D eigenvalue weighted by Gasteiger charge is 2.28. The Labute approximate surface area is 161 Å². The van der Waals surface area contributed by atoms with E-state index in [4.69, 9.17) is 0 Å². The summed E-state index contributed by atoms with van der Waals surface area (Å²) in [5, 5.41) is 2.77. The van der Waals surface area contributed by atoms with E-state index in [9.17, 15) is 18.0 Å². The Morgan fingerprint density at radius 2 is 1.75 bits per heavy atom. The molecule has 1 aliphatic rings. The number of pyridine rings is 1. The molecule has 0 bridgehead atoms. The van der Waals surface area contributed by atoms with Gasteiger partial charge in [-0.05, 0) is 43.1 Å². The van der Waals surface area contributed by atoms with Gasteiger partial charge in [0.2, 0.25) is 5.88 Å². The molecule has 2 heterocycles. The highest BCUT2D eigenvalue weighted by atomic mass is 19.4. The minimum Gasteiger partial charge on any atom is -0.468 e. The molecule has 1 aliphatic heterocycles. The number of ether oxygens (including phenoxy) is 1. The molecule has 1 fully saturated rings. The van der Waals surface area contributed by atoms with Crippen LogP contribution in [0.3, 0.4) is 0 Å². The van der Waals surface area contributed by atoms with Crippen molar-refractivity contribution in [1.29, 1.82) is 0 Å². The normalized spacial score (nSPS) is 14.8. The number of benzene rings is 1. The second kappa shape index (κ2) is 9.05. The molecule has 1 aromatic heterocycles. The third-order valence-corrected chi connectivity index (χ3v) is 4.46. The van der Waals surface area contributed by atoms with Gasteiger partial charge in [-0.1, -0.05) is 24.3 Å². The van der Waals surface area contributed by atoms with Crippen LogP contribution in [-0.4, -0.2) is 41.7 Å².